The highest BCUT2D eigenvalue weighted by atomic mass is 35.5. The SMILES string of the molecule is CC1(NC(=O)Nc2ccc(Cl)cc2)CCNCC1.Cl. The Bertz CT molecular complexity index is 416. The van der Waals surface area contributed by atoms with Crippen LogP contribution in [0.4, 0.5) is 10.5 Å². The van der Waals surface area contributed by atoms with Gasteiger partial charge in [-0.15, -0.1) is 12.4 Å². The van der Waals surface area contributed by atoms with Gasteiger partial charge in [0.1, 0.15) is 0 Å². The lowest BCUT2D eigenvalue weighted by Gasteiger charge is -2.34. The van der Waals surface area contributed by atoms with Gasteiger partial charge in [0, 0.05) is 16.2 Å². The van der Waals surface area contributed by atoms with E-state index < -0.39 is 0 Å². The molecule has 0 bridgehead atoms. The number of piperidine rings is 1. The zero-order valence-electron chi connectivity index (χ0n) is 10.8. The van der Waals surface area contributed by atoms with Gasteiger partial charge < -0.3 is 16.0 Å². The van der Waals surface area contributed by atoms with Crippen LogP contribution in [0.1, 0.15) is 19.8 Å². The molecule has 0 radical (unpaired) electrons. The van der Waals surface area contributed by atoms with Crippen molar-refractivity contribution in [3.8, 4) is 0 Å². The Kier molecular flexibility index (Phi) is 5.91. The highest BCUT2D eigenvalue weighted by molar-refractivity contribution is 6.30. The van der Waals surface area contributed by atoms with Crippen molar-refractivity contribution in [1.29, 1.82) is 0 Å². The van der Waals surface area contributed by atoms with Gasteiger partial charge in [0.15, 0.2) is 0 Å². The molecule has 1 heterocycles. The van der Waals surface area contributed by atoms with Gasteiger partial charge in [-0.1, -0.05) is 11.6 Å². The number of anilines is 1. The first-order valence-electron chi connectivity index (χ1n) is 6.13. The number of rotatable bonds is 2. The minimum atomic E-state index is -0.165. The third-order valence-electron chi connectivity index (χ3n) is 3.22. The number of hydrogen-bond donors (Lipinski definition) is 3. The molecule has 19 heavy (non-hydrogen) atoms. The molecule has 2 amide bonds. The Balaban J connectivity index is 0.00000180. The average Bonchev–Trinajstić information content (AvgIpc) is 2.32. The van der Waals surface area contributed by atoms with Crippen LogP contribution in [-0.4, -0.2) is 24.7 Å². The number of hydrogen-bond acceptors (Lipinski definition) is 2. The molecule has 0 aliphatic carbocycles. The van der Waals surface area contributed by atoms with Crippen LogP contribution in [0.3, 0.4) is 0 Å². The Morgan fingerprint density at radius 2 is 1.84 bits per heavy atom. The van der Waals surface area contributed by atoms with Crippen molar-refractivity contribution in [1.82, 2.24) is 10.6 Å². The molecule has 6 heteroatoms. The first-order valence-corrected chi connectivity index (χ1v) is 6.51. The second kappa shape index (κ2) is 6.98. The minimum Gasteiger partial charge on any atom is -0.333 e. The Labute approximate surface area is 124 Å². The zero-order valence-corrected chi connectivity index (χ0v) is 12.4. The standard InChI is InChI=1S/C13H18ClN3O.ClH/c1-13(6-8-15-9-7-13)17-12(18)16-11-4-2-10(14)3-5-11;/h2-5,15H,6-9H2,1H3,(H2,16,17,18);1H. The van der Waals surface area contributed by atoms with Crippen LogP contribution in [0.2, 0.25) is 5.02 Å². The van der Waals surface area contributed by atoms with Crippen LogP contribution in [0.5, 0.6) is 0 Å². The third-order valence-corrected chi connectivity index (χ3v) is 3.48. The normalized spacial score (nSPS) is 17.2. The molecule has 0 spiro atoms. The molecule has 2 rings (SSSR count). The lowest BCUT2D eigenvalue weighted by molar-refractivity contribution is 0.225. The fraction of sp³-hybridized carbons (Fsp3) is 0.462. The number of nitrogens with one attached hydrogen (secondary N) is 3. The maximum atomic E-state index is 11.9. The predicted molar refractivity (Wildman–Crippen MR) is 81.4 cm³/mol. The fourth-order valence-electron chi connectivity index (χ4n) is 2.07. The van der Waals surface area contributed by atoms with Crippen LogP contribution in [0, 0.1) is 0 Å². The van der Waals surface area contributed by atoms with Crippen molar-refractivity contribution in [3.05, 3.63) is 29.3 Å². The Hall–Kier alpha value is -0.970. The van der Waals surface area contributed by atoms with Crippen LogP contribution in [0.25, 0.3) is 0 Å². The summed E-state index contributed by atoms with van der Waals surface area (Å²) >= 11 is 5.79. The summed E-state index contributed by atoms with van der Waals surface area (Å²) in [5, 5.41) is 9.79. The van der Waals surface area contributed by atoms with E-state index in [1.165, 1.54) is 0 Å². The minimum absolute atomic E-state index is 0. The summed E-state index contributed by atoms with van der Waals surface area (Å²) < 4.78 is 0. The van der Waals surface area contributed by atoms with E-state index in [4.69, 9.17) is 11.6 Å². The molecule has 1 aromatic carbocycles. The van der Waals surface area contributed by atoms with Crippen LogP contribution in [-0.2, 0) is 0 Å². The maximum Gasteiger partial charge on any atom is 0.319 e. The fourth-order valence-corrected chi connectivity index (χ4v) is 2.20. The van der Waals surface area contributed by atoms with Crippen LogP contribution >= 0.6 is 24.0 Å². The van der Waals surface area contributed by atoms with Crippen molar-refractivity contribution in [2.75, 3.05) is 18.4 Å². The number of amides is 2. The predicted octanol–water partition coefficient (Wildman–Crippen LogP) is 3.03. The summed E-state index contributed by atoms with van der Waals surface area (Å²) in [5.74, 6) is 0. The molecule has 3 N–H and O–H groups in total. The molecule has 1 fully saturated rings. The van der Waals surface area contributed by atoms with Crippen molar-refractivity contribution in [2.45, 2.75) is 25.3 Å². The van der Waals surface area contributed by atoms with Crippen molar-refractivity contribution >= 4 is 35.7 Å². The number of urea groups is 1. The summed E-state index contributed by atoms with van der Waals surface area (Å²) in [6, 6.07) is 6.91. The molecule has 106 valence electrons. The van der Waals surface area contributed by atoms with Crippen molar-refractivity contribution in [3.63, 3.8) is 0 Å². The Morgan fingerprint density at radius 3 is 2.42 bits per heavy atom. The lowest BCUT2D eigenvalue weighted by atomic mass is 9.91. The molecule has 0 saturated carbocycles. The highest BCUT2D eigenvalue weighted by Gasteiger charge is 2.28. The summed E-state index contributed by atoms with van der Waals surface area (Å²) in [7, 11) is 0. The largest absolute Gasteiger partial charge is 0.333 e. The summed E-state index contributed by atoms with van der Waals surface area (Å²) in [5.41, 5.74) is 0.622. The molecule has 4 nitrogen and oxygen atoms in total. The number of carbonyl (C=O) groups excluding carboxylic acids is 1. The van der Waals surface area contributed by atoms with E-state index in [-0.39, 0.29) is 24.0 Å². The van der Waals surface area contributed by atoms with Crippen LogP contribution in [0.15, 0.2) is 24.3 Å². The second-order valence-corrected chi connectivity index (χ2v) is 5.33. The zero-order chi connectivity index (χ0) is 13.0. The van der Waals surface area contributed by atoms with Crippen molar-refractivity contribution in [2.24, 2.45) is 0 Å². The van der Waals surface area contributed by atoms with E-state index in [1.807, 2.05) is 0 Å². The van der Waals surface area contributed by atoms with E-state index >= 15 is 0 Å². The smallest absolute Gasteiger partial charge is 0.319 e. The van der Waals surface area contributed by atoms with E-state index in [9.17, 15) is 4.79 Å². The van der Waals surface area contributed by atoms with Gasteiger partial charge >= 0.3 is 6.03 Å². The number of carbonyl (C=O) groups is 1. The first kappa shape index (κ1) is 16.1. The summed E-state index contributed by atoms with van der Waals surface area (Å²) in [4.78, 5) is 11.9. The number of benzene rings is 1. The van der Waals surface area contributed by atoms with Crippen molar-refractivity contribution < 1.29 is 4.79 Å². The molecular formula is C13H19Cl2N3O. The van der Waals surface area contributed by atoms with Gasteiger partial charge in [-0.05, 0) is 57.1 Å². The molecule has 1 saturated heterocycles. The molecule has 1 aromatic rings. The van der Waals surface area contributed by atoms with E-state index in [1.54, 1.807) is 24.3 Å². The van der Waals surface area contributed by atoms with Crippen LogP contribution < -0.4 is 16.0 Å². The first-order chi connectivity index (χ1) is 8.57. The van der Waals surface area contributed by atoms with Gasteiger partial charge in [-0.2, -0.15) is 0 Å². The second-order valence-electron chi connectivity index (χ2n) is 4.90. The van der Waals surface area contributed by atoms with Gasteiger partial charge in [0.25, 0.3) is 0 Å². The third kappa shape index (κ3) is 4.90. The average molecular weight is 304 g/mol. The molecule has 0 unspecified atom stereocenters. The summed E-state index contributed by atoms with van der Waals surface area (Å²) in [6.45, 7) is 3.96. The molecule has 0 atom stereocenters. The quantitative estimate of drug-likeness (QED) is 0.786. The monoisotopic (exact) mass is 303 g/mol. The maximum absolute atomic E-state index is 11.9. The highest BCUT2D eigenvalue weighted by Crippen LogP contribution is 2.18. The Morgan fingerprint density at radius 1 is 1.26 bits per heavy atom. The topological polar surface area (TPSA) is 53.2 Å². The molecule has 1 aliphatic heterocycles. The lowest BCUT2D eigenvalue weighted by Crippen LogP contribution is -2.53. The van der Waals surface area contributed by atoms with Gasteiger partial charge in [-0.25, -0.2) is 4.79 Å². The number of halogens is 2. The van der Waals surface area contributed by atoms with E-state index in [2.05, 4.69) is 22.9 Å². The molecule has 1 aliphatic rings. The van der Waals surface area contributed by atoms with Gasteiger partial charge in [0.05, 0.1) is 0 Å². The summed E-state index contributed by atoms with van der Waals surface area (Å²) in [6.07, 6.45) is 1.89. The van der Waals surface area contributed by atoms with E-state index in [0.29, 0.717) is 5.02 Å². The van der Waals surface area contributed by atoms with E-state index in [0.717, 1.165) is 31.6 Å². The molecular weight excluding hydrogens is 285 g/mol. The van der Waals surface area contributed by atoms with Gasteiger partial charge in [0.2, 0.25) is 0 Å². The van der Waals surface area contributed by atoms with Gasteiger partial charge in [-0.3, -0.25) is 0 Å². The molecule has 0 aromatic heterocycles.